The number of nitrogens with zero attached hydrogens (tertiary/aromatic N) is 1. The first-order valence-electron chi connectivity index (χ1n) is 8.04. The molecule has 3 nitrogen and oxygen atoms in total. The first kappa shape index (κ1) is 15.8. The molecule has 1 aliphatic rings. The van der Waals surface area contributed by atoms with Gasteiger partial charge in [-0.25, -0.2) is 4.79 Å². The van der Waals surface area contributed by atoms with Gasteiger partial charge in [-0.05, 0) is 38.6 Å². The summed E-state index contributed by atoms with van der Waals surface area (Å²) in [5.41, 5.74) is 1.68. The molecule has 120 valence electrons. The summed E-state index contributed by atoms with van der Waals surface area (Å²) < 4.78 is 5.80. The van der Waals surface area contributed by atoms with Gasteiger partial charge in [0, 0.05) is 5.92 Å². The third-order valence-corrected chi connectivity index (χ3v) is 4.84. The Morgan fingerprint density at radius 2 is 1.65 bits per heavy atom. The summed E-state index contributed by atoms with van der Waals surface area (Å²) in [7, 11) is 3.91. The molecule has 1 aliphatic carbocycles. The fourth-order valence-electron chi connectivity index (χ4n) is 3.29. The number of esters is 1. The second-order valence-corrected chi connectivity index (χ2v) is 6.44. The van der Waals surface area contributed by atoms with Crippen LogP contribution in [0.1, 0.15) is 36.5 Å². The van der Waals surface area contributed by atoms with Crippen molar-refractivity contribution in [3.05, 3.63) is 71.8 Å². The molecule has 0 spiro atoms. The average molecular weight is 309 g/mol. The molecule has 0 unspecified atom stereocenters. The summed E-state index contributed by atoms with van der Waals surface area (Å²) in [6.07, 6.45) is 0.571. The summed E-state index contributed by atoms with van der Waals surface area (Å²) in [5.74, 6) is 0.0712. The molecular weight excluding hydrogens is 286 g/mol. The predicted octanol–water partition coefficient (Wildman–Crippen LogP) is 3.78. The van der Waals surface area contributed by atoms with E-state index in [1.165, 1.54) is 5.56 Å². The standard InChI is InChI=1S/C20H23NO2/c1-15(16-10-6-4-7-11-16)23-19(22)20(21(2)3)14-18(20)17-12-8-5-9-13-17/h4-13,15,18H,14H2,1-3H3/t15-,18+,20-/m1/s1. The van der Waals surface area contributed by atoms with Gasteiger partial charge in [-0.15, -0.1) is 0 Å². The molecule has 1 fully saturated rings. The molecule has 23 heavy (non-hydrogen) atoms. The van der Waals surface area contributed by atoms with Gasteiger partial charge in [0.05, 0.1) is 0 Å². The van der Waals surface area contributed by atoms with E-state index in [-0.39, 0.29) is 18.0 Å². The summed E-state index contributed by atoms with van der Waals surface area (Å²) in [5, 5.41) is 0. The van der Waals surface area contributed by atoms with Gasteiger partial charge >= 0.3 is 5.97 Å². The monoisotopic (exact) mass is 309 g/mol. The van der Waals surface area contributed by atoms with Gasteiger partial charge in [0.25, 0.3) is 0 Å². The van der Waals surface area contributed by atoms with Gasteiger partial charge in [-0.3, -0.25) is 4.90 Å². The van der Waals surface area contributed by atoms with Gasteiger partial charge in [0.1, 0.15) is 11.6 Å². The number of carbonyl (C=O) groups is 1. The predicted molar refractivity (Wildman–Crippen MR) is 91.2 cm³/mol. The lowest BCUT2D eigenvalue weighted by atomic mass is 10.1. The average Bonchev–Trinajstić information content (AvgIpc) is 3.33. The molecular formula is C20H23NO2. The molecule has 3 atom stereocenters. The van der Waals surface area contributed by atoms with Crippen LogP contribution in [0.2, 0.25) is 0 Å². The fraction of sp³-hybridized carbons (Fsp3) is 0.350. The van der Waals surface area contributed by atoms with E-state index < -0.39 is 5.54 Å². The van der Waals surface area contributed by atoms with Crippen molar-refractivity contribution in [1.82, 2.24) is 4.90 Å². The minimum Gasteiger partial charge on any atom is -0.456 e. The minimum absolute atomic E-state index is 0.132. The first-order valence-corrected chi connectivity index (χ1v) is 8.04. The van der Waals surface area contributed by atoms with Crippen LogP contribution in [0.25, 0.3) is 0 Å². The van der Waals surface area contributed by atoms with Crippen molar-refractivity contribution < 1.29 is 9.53 Å². The van der Waals surface area contributed by atoms with E-state index in [0.717, 1.165) is 12.0 Å². The van der Waals surface area contributed by atoms with E-state index in [0.29, 0.717) is 0 Å². The Labute approximate surface area is 137 Å². The van der Waals surface area contributed by atoms with E-state index in [2.05, 4.69) is 12.1 Å². The first-order chi connectivity index (χ1) is 11.1. The molecule has 0 aliphatic heterocycles. The summed E-state index contributed by atoms with van der Waals surface area (Å²) >= 11 is 0. The molecule has 3 heteroatoms. The van der Waals surface area contributed by atoms with Crippen molar-refractivity contribution in [1.29, 1.82) is 0 Å². The summed E-state index contributed by atoms with van der Waals surface area (Å²) in [6.45, 7) is 1.93. The molecule has 0 bridgehead atoms. The van der Waals surface area contributed by atoms with Crippen LogP contribution in [0.4, 0.5) is 0 Å². The van der Waals surface area contributed by atoms with E-state index in [9.17, 15) is 4.79 Å². The molecule has 2 aromatic carbocycles. The fourth-order valence-corrected chi connectivity index (χ4v) is 3.29. The Morgan fingerprint density at radius 3 is 2.22 bits per heavy atom. The maximum atomic E-state index is 12.9. The Balaban J connectivity index is 1.77. The van der Waals surface area contributed by atoms with Gasteiger partial charge in [0.15, 0.2) is 0 Å². The molecule has 0 aromatic heterocycles. The third kappa shape index (κ3) is 2.89. The SMILES string of the molecule is C[C@@H](OC(=O)[C@@]1(N(C)C)C[C@H]1c1ccccc1)c1ccccc1. The van der Waals surface area contributed by atoms with Crippen molar-refractivity contribution in [3.63, 3.8) is 0 Å². The Hall–Kier alpha value is -2.13. The highest BCUT2D eigenvalue weighted by atomic mass is 16.5. The lowest BCUT2D eigenvalue weighted by molar-refractivity contribution is -0.156. The lowest BCUT2D eigenvalue weighted by Gasteiger charge is -2.26. The van der Waals surface area contributed by atoms with Gasteiger partial charge in [-0.2, -0.15) is 0 Å². The lowest BCUT2D eigenvalue weighted by Crippen LogP contribution is -2.41. The van der Waals surface area contributed by atoms with Crippen molar-refractivity contribution in [2.24, 2.45) is 0 Å². The molecule has 0 amide bonds. The zero-order chi connectivity index (χ0) is 16.4. The van der Waals surface area contributed by atoms with E-state index >= 15 is 0 Å². The van der Waals surface area contributed by atoms with Crippen LogP contribution in [0.15, 0.2) is 60.7 Å². The summed E-state index contributed by atoms with van der Waals surface area (Å²) in [4.78, 5) is 14.9. The van der Waals surface area contributed by atoms with Crippen LogP contribution in [-0.2, 0) is 9.53 Å². The number of hydrogen-bond acceptors (Lipinski definition) is 3. The highest BCUT2D eigenvalue weighted by Crippen LogP contribution is 2.55. The third-order valence-electron chi connectivity index (χ3n) is 4.84. The molecule has 1 saturated carbocycles. The van der Waals surface area contributed by atoms with Crippen molar-refractivity contribution in [2.45, 2.75) is 30.9 Å². The number of likely N-dealkylation sites (N-methyl/N-ethyl adjacent to an activating group) is 1. The van der Waals surface area contributed by atoms with Crippen molar-refractivity contribution in [3.8, 4) is 0 Å². The van der Waals surface area contributed by atoms with Gasteiger partial charge in [0.2, 0.25) is 0 Å². The highest BCUT2D eigenvalue weighted by molar-refractivity contribution is 5.87. The van der Waals surface area contributed by atoms with Gasteiger partial charge in [-0.1, -0.05) is 60.7 Å². The topological polar surface area (TPSA) is 29.5 Å². The van der Waals surface area contributed by atoms with Crippen LogP contribution in [0.5, 0.6) is 0 Å². The Morgan fingerprint density at radius 1 is 1.09 bits per heavy atom. The normalized spacial score (nSPS) is 24.3. The highest BCUT2D eigenvalue weighted by Gasteiger charge is 2.63. The second-order valence-electron chi connectivity index (χ2n) is 6.44. The van der Waals surface area contributed by atoms with E-state index in [4.69, 9.17) is 4.74 Å². The maximum Gasteiger partial charge on any atom is 0.327 e. The number of rotatable bonds is 5. The molecule has 0 heterocycles. The van der Waals surface area contributed by atoms with E-state index in [1.54, 1.807) is 0 Å². The van der Waals surface area contributed by atoms with Crippen LogP contribution < -0.4 is 0 Å². The zero-order valence-corrected chi connectivity index (χ0v) is 13.9. The number of benzene rings is 2. The largest absolute Gasteiger partial charge is 0.456 e. The van der Waals surface area contributed by atoms with Crippen molar-refractivity contribution >= 4 is 5.97 Å². The second kappa shape index (κ2) is 6.17. The summed E-state index contributed by atoms with van der Waals surface area (Å²) in [6, 6.07) is 20.1. The number of hydrogen-bond donors (Lipinski definition) is 0. The zero-order valence-electron chi connectivity index (χ0n) is 13.9. The molecule has 0 N–H and O–H groups in total. The molecule has 2 aromatic rings. The molecule has 0 radical (unpaired) electrons. The smallest absolute Gasteiger partial charge is 0.327 e. The van der Waals surface area contributed by atoms with Crippen LogP contribution in [0, 0.1) is 0 Å². The molecule has 3 rings (SSSR count). The quantitative estimate of drug-likeness (QED) is 0.787. The minimum atomic E-state index is -0.537. The van der Waals surface area contributed by atoms with Crippen LogP contribution in [-0.4, -0.2) is 30.5 Å². The van der Waals surface area contributed by atoms with E-state index in [1.807, 2.05) is 74.4 Å². The maximum absolute atomic E-state index is 12.9. The number of carbonyl (C=O) groups excluding carboxylic acids is 1. The number of ether oxygens (including phenoxy) is 1. The van der Waals surface area contributed by atoms with Crippen molar-refractivity contribution in [2.75, 3.05) is 14.1 Å². The Kier molecular flexibility index (Phi) is 4.22. The molecule has 0 saturated heterocycles. The van der Waals surface area contributed by atoms with Gasteiger partial charge < -0.3 is 4.74 Å². The Bertz CT molecular complexity index is 669. The van der Waals surface area contributed by atoms with Crippen LogP contribution >= 0.6 is 0 Å². The van der Waals surface area contributed by atoms with Crippen LogP contribution in [0.3, 0.4) is 0 Å².